The maximum atomic E-state index is 12.7. The van der Waals surface area contributed by atoms with Gasteiger partial charge in [-0.1, -0.05) is 36.4 Å². The summed E-state index contributed by atoms with van der Waals surface area (Å²) in [5.41, 5.74) is 0.394. The molecular formula is C24H28N2O5S. The van der Waals surface area contributed by atoms with Gasteiger partial charge in [-0.2, -0.15) is 0 Å². The molecule has 0 aliphatic heterocycles. The first-order chi connectivity index (χ1) is 15.3. The highest BCUT2D eigenvalue weighted by molar-refractivity contribution is 7.92. The van der Waals surface area contributed by atoms with E-state index in [9.17, 15) is 13.2 Å². The van der Waals surface area contributed by atoms with Crippen LogP contribution >= 0.6 is 0 Å². The van der Waals surface area contributed by atoms with Gasteiger partial charge < -0.3 is 14.8 Å². The first kappa shape index (κ1) is 23.4. The van der Waals surface area contributed by atoms with Crippen molar-refractivity contribution >= 4 is 32.4 Å². The third-order valence-electron chi connectivity index (χ3n) is 4.90. The number of benzene rings is 3. The molecule has 32 heavy (non-hydrogen) atoms. The zero-order valence-corrected chi connectivity index (χ0v) is 19.3. The molecule has 1 N–H and O–H groups in total. The van der Waals surface area contributed by atoms with Crippen LogP contribution in [0.2, 0.25) is 0 Å². The van der Waals surface area contributed by atoms with Crippen molar-refractivity contribution in [2.45, 2.75) is 19.9 Å². The second-order valence-corrected chi connectivity index (χ2v) is 9.14. The van der Waals surface area contributed by atoms with Crippen molar-refractivity contribution in [3.05, 3.63) is 66.7 Å². The minimum absolute atomic E-state index is 0.243. The van der Waals surface area contributed by atoms with E-state index in [0.29, 0.717) is 18.0 Å². The highest BCUT2D eigenvalue weighted by Gasteiger charge is 2.29. The molecule has 8 heteroatoms. The third-order valence-corrected chi connectivity index (χ3v) is 6.14. The van der Waals surface area contributed by atoms with Gasteiger partial charge in [0.25, 0.3) is 0 Å². The number of anilines is 1. The lowest BCUT2D eigenvalue weighted by Gasteiger charge is -2.28. The number of ether oxygens (including phenoxy) is 2. The maximum Gasteiger partial charge on any atom is 0.243 e. The number of carbonyl (C=O) groups excluding carboxylic acids is 1. The molecule has 0 aliphatic rings. The van der Waals surface area contributed by atoms with Crippen molar-refractivity contribution in [3.63, 3.8) is 0 Å². The van der Waals surface area contributed by atoms with Crippen molar-refractivity contribution in [3.8, 4) is 11.5 Å². The van der Waals surface area contributed by atoms with E-state index in [0.717, 1.165) is 27.1 Å². The molecular weight excluding hydrogens is 428 g/mol. The predicted octanol–water partition coefficient (Wildman–Crippen LogP) is 3.59. The number of carbonyl (C=O) groups is 1. The standard InChI is InChI=1S/C24H28N2O5S/c1-4-30-21-14-12-20(13-15-21)26(32(3,28)29)18(2)24(27)25-16-17-31-23-11-7-9-19-8-5-6-10-22(19)23/h5-15,18H,4,16-17H2,1-3H3,(H,25,27)/t18-/m0/s1. The van der Waals surface area contributed by atoms with Crippen molar-refractivity contribution in [2.75, 3.05) is 30.3 Å². The van der Waals surface area contributed by atoms with Gasteiger partial charge in [-0.25, -0.2) is 8.42 Å². The van der Waals surface area contributed by atoms with Gasteiger partial charge in [-0.3, -0.25) is 9.10 Å². The second-order valence-electron chi connectivity index (χ2n) is 7.28. The summed E-state index contributed by atoms with van der Waals surface area (Å²) in [6.07, 6.45) is 1.08. The van der Waals surface area contributed by atoms with Gasteiger partial charge in [0.15, 0.2) is 0 Å². The van der Waals surface area contributed by atoms with Crippen LogP contribution in [0, 0.1) is 0 Å². The molecule has 0 unspecified atom stereocenters. The number of amides is 1. The highest BCUT2D eigenvalue weighted by Crippen LogP contribution is 2.25. The van der Waals surface area contributed by atoms with E-state index in [-0.39, 0.29) is 13.2 Å². The lowest BCUT2D eigenvalue weighted by molar-refractivity contribution is -0.121. The molecule has 0 aromatic heterocycles. The molecule has 3 aromatic rings. The van der Waals surface area contributed by atoms with Gasteiger partial charge in [-0.15, -0.1) is 0 Å². The topological polar surface area (TPSA) is 84.9 Å². The van der Waals surface area contributed by atoms with Crippen molar-refractivity contribution in [1.29, 1.82) is 0 Å². The molecule has 0 aliphatic carbocycles. The Kier molecular flexibility index (Phi) is 7.58. The average molecular weight is 457 g/mol. The van der Waals surface area contributed by atoms with Gasteiger partial charge in [0, 0.05) is 5.39 Å². The highest BCUT2D eigenvalue weighted by atomic mass is 32.2. The fraction of sp³-hybridized carbons (Fsp3) is 0.292. The van der Waals surface area contributed by atoms with Crippen LogP contribution in [-0.2, 0) is 14.8 Å². The van der Waals surface area contributed by atoms with E-state index in [4.69, 9.17) is 9.47 Å². The Labute approximate surface area is 189 Å². The second kappa shape index (κ2) is 10.4. The maximum absolute atomic E-state index is 12.7. The number of fused-ring (bicyclic) bond motifs is 1. The molecule has 0 radical (unpaired) electrons. The monoisotopic (exact) mass is 456 g/mol. The van der Waals surface area contributed by atoms with Gasteiger partial charge in [-0.05, 0) is 49.6 Å². The Balaban J connectivity index is 1.62. The lowest BCUT2D eigenvalue weighted by Crippen LogP contribution is -2.48. The van der Waals surface area contributed by atoms with Crippen molar-refractivity contribution in [2.24, 2.45) is 0 Å². The largest absolute Gasteiger partial charge is 0.494 e. The van der Waals surface area contributed by atoms with E-state index < -0.39 is 22.0 Å². The van der Waals surface area contributed by atoms with Crippen LogP contribution in [0.5, 0.6) is 11.5 Å². The fourth-order valence-corrected chi connectivity index (χ4v) is 4.64. The summed E-state index contributed by atoms with van der Waals surface area (Å²) in [4.78, 5) is 12.7. The minimum atomic E-state index is -3.68. The zero-order chi connectivity index (χ0) is 23.1. The quantitative estimate of drug-likeness (QED) is 0.471. The van der Waals surface area contributed by atoms with Crippen LogP contribution in [0.3, 0.4) is 0 Å². The molecule has 7 nitrogen and oxygen atoms in total. The SMILES string of the molecule is CCOc1ccc(N([C@@H](C)C(=O)NCCOc2cccc3ccccc23)S(C)(=O)=O)cc1. The molecule has 0 saturated heterocycles. The van der Waals surface area contributed by atoms with E-state index in [1.807, 2.05) is 49.4 Å². The molecule has 170 valence electrons. The molecule has 0 saturated carbocycles. The summed E-state index contributed by atoms with van der Waals surface area (Å²) in [6, 6.07) is 19.4. The number of hydrogen-bond donors (Lipinski definition) is 1. The van der Waals surface area contributed by atoms with Crippen LogP contribution in [0.15, 0.2) is 66.7 Å². The Morgan fingerprint density at radius 3 is 2.38 bits per heavy atom. The van der Waals surface area contributed by atoms with Crippen molar-refractivity contribution in [1.82, 2.24) is 5.32 Å². The predicted molar refractivity (Wildman–Crippen MR) is 127 cm³/mol. The zero-order valence-electron chi connectivity index (χ0n) is 18.4. The van der Waals surface area contributed by atoms with Crippen LogP contribution in [0.1, 0.15) is 13.8 Å². The first-order valence-electron chi connectivity index (χ1n) is 10.4. The fourth-order valence-electron chi connectivity index (χ4n) is 3.47. The number of nitrogens with one attached hydrogen (secondary N) is 1. The molecule has 1 atom stereocenters. The Morgan fingerprint density at radius 1 is 1.00 bits per heavy atom. The molecule has 0 heterocycles. The minimum Gasteiger partial charge on any atom is -0.494 e. The Bertz CT molecular complexity index is 1160. The van der Waals surface area contributed by atoms with E-state index >= 15 is 0 Å². The molecule has 0 bridgehead atoms. The number of nitrogens with zero attached hydrogens (tertiary/aromatic N) is 1. The van der Waals surface area contributed by atoms with Crippen molar-refractivity contribution < 1.29 is 22.7 Å². The Hall–Kier alpha value is -3.26. The van der Waals surface area contributed by atoms with Crippen LogP contribution in [0.4, 0.5) is 5.69 Å². The molecule has 1 amide bonds. The van der Waals surface area contributed by atoms with Crippen LogP contribution in [0.25, 0.3) is 10.8 Å². The summed E-state index contributed by atoms with van der Waals surface area (Å²) in [5, 5.41) is 4.83. The summed E-state index contributed by atoms with van der Waals surface area (Å²) in [7, 11) is -3.68. The molecule has 0 spiro atoms. The van der Waals surface area contributed by atoms with Crippen LogP contribution in [-0.4, -0.2) is 46.4 Å². The summed E-state index contributed by atoms with van der Waals surface area (Å²) >= 11 is 0. The van der Waals surface area contributed by atoms with E-state index in [2.05, 4.69) is 5.32 Å². The molecule has 0 fully saturated rings. The number of rotatable bonds is 10. The molecule has 3 rings (SSSR count). The average Bonchev–Trinajstić information content (AvgIpc) is 2.77. The lowest BCUT2D eigenvalue weighted by atomic mass is 10.1. The third kappa shape index (κ3) is 5.70. The Morgan fingerprint density at radius 2 is 1.69 bits per heavy atom. The molecule has 3 aromatic carbocycles. The number of sulfonamides is 1. The van der Waals surface area contributed by atoms with Gasteiger partial charge in [0.05, 0.1) is 25.1 Å². The van der Waals surface area contributed by atoms with E-state index in [1.165, 1.54) is 0 Å². The summed E-state index contributed by atoms with van der Waals surface area (Å²) in [5.74, 6) is 0.954. The van der Waals surface area contributed by atoms with Gasteiger partial charge in [0.2, 0.25) is 15.9 Å². The summed E-state index contributed by atoms with van der Waals surface area (Å²) < 4.78 is 37.2. The normalized spacial score (nSPS) is 12.2. The van der Waals surface area contributed by atoms with E-state index in [1.54, 1.807) is 31.2 Å². The smallest absolute Gasteiger partial charge is 0.243 e. The van der Waals surface area contributed by atoms with Gasteiger partial charge in [0.1, 0.15) is 24.1 Å². The van der Waals surface area contributed by atoms with Crippen LogP contribution < -0.4 is 19.1 Å². The summed E-state index contributed by atoms with van der Waals surface area (Å²) in [6.45, 7) is 4.43. The number of hydrogen-bond acceptors (Lipinski definition) is 5. The van der Waals surface area contributed by atoms with Gasteiger partial charge >= 0.3 is 0 Å². The first-order valence-corrected chi connectivity index (χ1v) is 12.3.